The van der Waals surface area contributed by atoms with Gasteiger partial charge >= 0.3 is 6.36 Å². The van der Waals surface area contributed by atoms with Crippen molar-refractivity contribution >= 4 is 69.5 Å². The Bertz CT molecular complexity index is 1900. The van der Waals surface area contributed by atoms with E-state index in [1.54, 1.807) is 18.3 Å². The zero-order valence-electron chi connectivity index (χ0n) is 24.6. The van der Waals surface area contributed by atoms with E-state index >= 15 is 0 Å². The first-order valence-electron chi connectivity index (χ1n) is 13.7. The van der Waals surface area contributed by atoms with Gasteiger partial charge < -0.3 is 10.5 Å². The first-order valence-corrected chi connectivity index (χ1v) is 15.5. The summed E-state index contributed by atoms with van der Waals surface area (Å²) in [5.41, 5.74) is 16.9. The summed E-state index contributed by atoms with van der Waals surface area (Å²) in [6, 6.07) is 24.4. The molecule has 0 spiro atoms. The molecule has 1 aromatic heterocycles. The number of fused-ring (bicyclic) bond motifs is 1. The Morgan fingerprint density at radius 2 is 1.67 bits per heavy atom. The van der Waals surface area contributed by atoms with Crippen molar-refractivity contribution in [3.8, 4) is 5.75 Å². The molecule has 0 aliphatic heterocycles. The molecule has 4 aromatic carbocycles. The predicted octanol–water partition coefficient (Wildman–Crippen LogP) is 7.82. The van der Waals surface area contributed by atoms with Gasteiger partial charge in [-0.3, -0.25) is 5.43 Å². The number of aliphatic imine (C=N–C) groups is 3. The van der Waals surface area contributed by atoms with Crippen LogP contribution in [0.5, 0.6) is 5.75 Å². The van der Waals surface area contributed by atoms with Crippen LogP contribution in [-0.2, 0) is 5.75 Å². The van der Waals surface area contributed by atoms with Gasteiger partial charge in [0.25, 0.3) is 0 Å². The molecule has 0 bridgehead atoms. The predicted molar refractivity (Wildman–Crippen MR) is 181 cm³/mol. The number of thioether (sulfide) groups is 1. The number of ether oxygens (including phenoxy) is 1. The van der Waals surface area contributed by atoms with Crippen LogP contribution in [0.1, 0.15) is 27.8 Å². The van der Waals surface area contributed by atoms with Crippen LogP contribution in [0.3, 0.4) is 0 Å². The molecular formula is C32H27F3N8OS2. The van der Waals surface area contributed by atoms with Crippen molar-refractivity contribution < 1.29 is 17.9 Å². The maximum atomic E-state index is 12.3. The van der Waals surface area contributed by atoms with E-state index in [1.165, 1.54) is 54.1 Å². The molecule has 5 rings (SSSR count). The molecule has 0 unspecified atom stereocenters. The van der Waals surface area contributed by atoms with Crippen LogP contribution in [0.4, 0.5) is 24.5 Å². The summed E-state index contributed by atoms with van der Waals surface area (Å²) in [7, 11) is 0. The van der Waals surface area contributed by atoms with Crippen molar-refractivity contribution in [2.75, 3.05) is 0 Å². The molecule has 14 heteroatoms. The van der Waals surface area contributed by atoms with E-state index in [1.807, 2.05) is 62.4 Å². The second kappa shape index (κ2) is 14.8. The Labute approximate surface area is 271 Å². The summed E-state index contributed by atoms with van der Waals surface area (Å²) in [6.07, 6.45) is -1.85. The summed E-state index contributed by atoms with van der Waals surface area (Å²) in [5.74, 6) is 0.509. The van der Waals surface area contributed by atoms with Crippen LogP contribution in [-0.4, -0.2) is 38.7 Å². The van der Waals surface area contributed by atoms with Crippen LogP contribution in [0, 0.1) is 13.8 Å². The van der Waals surface area contributed by atoms with E-state index in [-0.39, 0.29) is 11.6 Å². The average molecular weight is 661 g/mol. The second-order valence-corrected chi connectivity index (χ2v) is 11.3. The van der Waals surface area contributed by atoms with Gasteiger partial charge in [0, 0.05) is 11.3 Å². The van der Waals surface area contributed by atoms with Crippen LogP contribution >= 0.6 is 23.5 Å². The highest BCUT2D eigenvalue weighted by molar-refractivity contribution is 8.13. The molecule has 0 fully saturated rings. The third kappa shape index (κ3) is 8.99. The number of aromatic nitrogens is 2. The minimum Gasteiger partial charge on any atom is -0.406 e. The maximum absolute atomic E-state index is 12.3. The third-order valence-electron chi connectivity index (χ3n) is 6.44. The van der Waals surface area contributed by atoms with Gasteiger partial charge in [-0.1, -0.05) is 66.4 Å². The van der Waals surface area contributed by atoms with Gasteiger partial charge in [0.2, 0.25) is 0 Å². The normalized spacial score (nSPS) is 12.8. The fourth-order valence-electron chi connectivity index (χ4n) is 4.17. The fourth-order valence-corrected chi connectivity index (χ4v) is 5.53. The first-order chi connectivity index (χ1) is 22.1. The largest absolute Gasteiger partial charge is 0.573 e. The Kier molecular flexibility index (Phi) is 10.4. The van der Waals surface area contributed by atoms with Crippen molar-refractivity contribution in [1.82, 2.24) is 14.2 Å². The molecule has 0 aliphatic rings. The van der Waals surface area contributed by atoms with Crippen molar-refractivity contribution in [3.63, 3.8) is 0 Å². The number of benzene rings is 4. The maximum Gasteiger partial charge on any atom is 0.573 e. The lowest BCUT2D eigenvalue weighted by atomic mass is 10.1. The average Bonchev–Trinajstić information content (AvgIpc) is 3.52. The molecule has 0 saturated heterocycles. The molecule has 0 atom stereocenters. The van der Waals surface area contributed by atoms with Gasteiger partial charge in [-0.25, -0.2) is 15.0 Å². The number of halogens is 3. The van der Waals surface area contributed by atoms with Crippen LogP contribution < -0.4 is 15.9 Å². The van der Waals surface area contributed by atoms with Gasteiger partial charge in [0.15, 0.2) is 5.17 Å². The lowest BCUT2D eigenvalue weighted by molar-refractivity contribution is -0.274. The number of para-hydroxylation sites is 1. The molecule has 0 amide bonds. The molecule has 3 N–H and O–H groups in total. The van der Waals surface area contributed by atoms with Crippen LogP contribution in [0.25, 0.3) is 11.0 Å². The minimum absolute atomic E-state index is 0.215. The van der Waals surface area contributed by atoms with Gasteiger partial charge in [0.05, 0.1) is 29.3 Å². The monoisotopic (exact) mass is 660 g/mol. The van der Waals surface area contributed by atoms with E-state index in [2.05, 4.69) is 34.0 Å². The lowest BCUT2D eigenvalue weighted by Crippen LogP contribution is -2.16. The zero-order chi connectivity index (χ0) is 32.5. The van der Waals surface area contributed by atoms with Crippen LogP contribution in [0.15, 0.2) is 105 Å². The van der Waals surface area contributed by atoms with Crippen LogP contribution in [0.2, 0.25) is 0 Å². The second-order valence-electron chi connectivity index (χ2n) is 9.79. The van der Waals surface area contributed by atoms with Gasteiger partial charge in [0.1, 0.15) is 29.0 Å². The number of nitrogens with two attached hydrogens (primary N) is 1. The van der Waals surface area contributed by atoms with Gasteiger partial charge in [-0.15, -0.1) is 13.2 Å². The molecule has 0 radical (unpaired) electrons. The topological polar surface area (TPSA) is 122 Å². The smallest absolute Gasteiger partial charge is 0.406 e. The standard InChI is InChI=1S/C32H27F3N8OS2/c1-20-5-3-6-21(2)28(20)40-31(45-18-24-7-4-8-27-29(24)43-46-42-27)41-39-17-22-9-11-23(12-10-22)30(36)38-19-37-25-13-15-26(16-14-25)44-32(33,34)35/h3-17,19H,18H2,1-2H3,(H,40,41)(H2,36,37,38)/b39-17+. The molecule has 46 heavy (non-hydrogen) atoms. The number of rotatable bonds is 9. The van der Waals surface area contributed by atoms with Crippen molar-refractivity contribution in [2.24, 2.45) is 25.8 Å². The SMILES string of the molecule is Cc1cccc(C)c1N=C(N/N=C/c1ccc(C(N)=NC=Nc2ccc(OC(F)(F)F)cc2)cc1)SCc1cccc2nsnc12. The van der Waals surface area contributed by atoms with Gasteiger partial charge in [-0.2, -0.15) is 13.8 Å². The van der Waals surface area contributed by atoms with E-state index in [9.17, 15) is 13.2 Å². The number of nitrogens with one attached hydrogen (secondary N) is 1. The number of hydrazone groups is 1. The number of hydrogen-bond acceptors (Lipinski definition) is 8. The minimum atomic E-state index is -4.76. The Morgan fingerprint density at radius 1 is 0.957 bits per heavy atom. The Balaban J connectivity index is 1.24. The molecule has 0 saturated carbocycles. The third-order valence-corrected chi connectivity index (χ3v) is 7.89. The number of hydrogen-bond donors (Lipinski definition) is 2. The first kappa shape index (κ1) is 32.3. The summed E-state index contributed by atoms with van der Waals surface area (Å²) in [5, 5.41) is 5.07. The summed E-state index contributed by atoms with van der Waals surface area (Å²) in [4.78, 5) is 13.1. The lowest BCUT2D eigenvalue weighted by Gasteiger charge is -2.09. The van der Waals surface area contributed by atoms with Crippen molar-refractivity contribution in [1.29, 1.82) is 0 Å². The fraction of sp³-hybridized carbons (Fsp3) is 0.125. The molecular weight excluding hydrogens is 634 g/mol. The molecule has 0 aliphatic carbocycles. The van der Waals surface area contributed by atoms with E-state index in [0.29, 0.717) is 22.2 Å². The van der Waals surface area contributed by atoms with E-state index < -0.39 is 6.36 Å². The molecule has 9 nitrogen and oxygen atoms in total. The Morgan fingerprint density at radius 3 is 2.39 bits per heavy atom. The summed E-state index contributed by atoms with van der Waals surface area (Å²) < 4.78 is 49.6. The highest BCUT2D eigenvalue weighted by Gasteiger charge is 2.30. The Hall–Kier alpha value is -5.08. The molecule has 1 heterocycles. The highest BCUT2D eigenvalue weighted by Crippen LogP contribution is 2.27. The van der Waals surface area contributed by atoms with E-state index in [0.717, 1.165) is 39.0 Å². The molecule has 234 valence electrons. The molecule has 5 aromatic rings. The van der Waals surface area contributed by atoms with E-state index in [4.69, 9.17) is 10.7 Å². The quantitative estimate of drug-likeness (QED) is 0.0945. The summed E-state index contributed by atoms with van der Waals surface area (Å²) in [6.45, 7) is 4.05. The zero-order valence-corrected chi connectivity index (χ0v) is 26.2. The number of aryl methyl sites for hydroxylation is 2. The van der Waals surface area contributed by atoms with Gasteiger partial charge in [-0.05, 0) is 66.4 Å². The highest BCUT2D eigenvalue weighted by atomic mass is 32.2. The van der Waals surface area contributed by atoms with Crippen molar-refractivity contribution in [2.45, 2.75) is 26.0 Å². The number of nitrogens with zero attached hydrogens (tertiary/aromatic N) is 6. The summed E-state index contributed by atoms with van der Waals surface area (Å²) >= 11 is 2.71. The number of alkyl halides is 3. The number of amidine groups is 2. The van der Waals surface area contributed by atoms with Crippen molar-refractivity contribution in [3.05, 3.63) is 113 Å².